The molecule has 0 radical (unpaired) electrons. The van der Waals surface area contributed by atoms with Crippen LogP contribution in [0, 0.1) is 5.82 Å². The van der Waals surface area contributed by atoms with Crippen molar-refractivity contribution < 1.29 is 18.7 Å². The largest absolute Gasteiger partial charge is 0.423 e. The van der Waals surface area contributed by atoms with E-state index in [4.69, 9.17) is 4.74 Å². The third-order valence-electron chi connectivity index (χ3n) is 4.59. The number of carbonyl (C=O) groups is 2. The summed E-state index contributed by atoms with van der Waals surface area (Å²) in [7, 11) is 0. The smallest absolute Gasteiger partial charge is 0.346 e. The Kier molecular flexibility index (Phi) is 10.3. The van der Waals surface area contributed by atoms with E-state index in [-0.39, 0.29) is 11.5 Å². The van der Waals surface area contributed by atoms with Gasteiger partial charge in [-0.3, -0.25) is 4.79 Å². The molecule has 5 nitrogen and oxygen atoms in total. The van der Waals surface area contributed by atoms with Gasteiger partial charge in [0.25, 0.3) is 0 Å². The summed E-state index contributed by atoms with van der Waals surface area (Å²) in [6.45, 7) is 2.20. The first-order valence-corrected chi connectivity index (χ1v) is 10.5. The fourth-order valence-electron chi connectivity index (χ4n) is 2.89. The summed E-state index contributed by atoms with van der Waals surface area (Å²) < 4.78 is 18.8. The molecule has 2 aromatic carbocycles. The molecule has 0 saturated carbocycles. The molecule has 0 atom stereocenters. The highest BCUT2D eigenvalue weighted by Crippen LogP contribution is 2.15. The van der Waals surface area contributed by atoms with E-state index in [0.717, 1.165) is 18.4 Å². The Balaban J connectivity index is 1.70. The van der Waals surface area contributed by atoms with Gasteiger partial charge in [0.1, 0.15) is 11.6 Å². The zero-order chi connectivity index (χ0) is 21.6. The van der Waals surface area contributed by atoms with E-state index in [9.17, 15) is 14.0 Å². The Morgan fingerprint density at radius 1 is 0.967 bits per heavy atom. The van der Waals surface area contributed by atoms with Crippen molar-refractivity contribution in [2.24, 2.45) is 5.10 Å². The van der Waals surface area contributed by atoms with Gasteiger partial charge < -0.3 is 4.74 Å². The van der Waals surface area contributed by atoms with Crippen molar-refractivity contribution in [2.45, 2.75) is 58.3 Å². The van der Waals surface area contributed by atoms with E-state index < -0.39 is 11.8 Å². The molecule has 0 heterocycles. The summed E-state index contributed by atoms with van der Waals surface area (Å²) >= 11 is 0. The van der Waals surface area contributed by atoms with Gasteiger partial charge in [0.15, 0.2) is 0 Å². The first kappa shape index (κ1) is 23.3. The van der Waals surface area contributed by atoms with E-state index in [1.807, 2.05) is 0 Å². The fraction of sp³-hybridized carbons (Fsp3) is 0.375. The normalized spacial score (nSPS) is 10.9. The molecule has 2 rings (SSSR count). The molecule has 160 valence electrons. The van der Waals surface area contributed by atoms with Gasteiger partial charge in [-0.05, 0) is 48.4 Å². The lowest BCUT2D eigenvalue weighted by molar-refractivity contribution is -0.121. The van der Waals surface area contributed by atoms with Gasteiger partial charge in [-0.2, -0.15) is 5.10 Å². The highest BCUT2D eigenvalue weighted by molar-refractivity contribution is 5.91. The predicted molar refractivity (Wildman–Crippen MR) is 116 cm³/mol. The Morgan fingerprint density at radius 3 is 2.33 bits per heavy atom. The molecule has 0 fully saturated rings. The van der Waals surface area contributed by atoms with E-state index in [0.29, 0.717) is 12.2 Å². The van der Waals surface area contributed by atoms with Gasteiger partial charge in [-0.1, -0.05) is 57.6 Å². The van der Waals surface area contributed by atoms with Crippen molar-refractivity contribution in [1.82, 2.24) is 5.43 Å². The summed E-state index contributed by atoms with van der Waals surface area (Å²) in [4.78, 5) is 23.8. The van der Waals surface area contributed by atoms with Crippen molar-refractivity contribution in [3.05, 3.63) is 65.5 Å². The Hall–Kier alpha value is -3.02. The van der Waals surface area contributed by atoms with Crippen LogP contribution in [0.4, 0.5) is 4.39 Å². The molecule has 30 heavy (non-hydrogen) atoms. The lowest BCUT2D eigenvalue weighted by Crippen LogP contribution is -2.16. The van der Waals surface area contributed by atoms with Gasteiger partial charge in [0, 0.05) is 6.42 Å². The van der Waals surface area contributed by atoms with Crippen LogP contribution >= 0.6 is 0 Å². The molecule has 2 aromatic rings. The van der Waals surface area contributed by atoms with Crippen molar-refractivity contribution >= 4 is 18.1 Å². The molecular formula is C24H29FN2O3. The Labute approximate surface area is 177 Å². The quantitative estimate of drug-likeness (QED) is 0.161. The molecule has 0 saturated heterocycles. The Morgan fingerprint density at radius 2 is 1.63 bits per heavy atom. The molecule has 0 aliphatic heterocycles. The lowest BCUT2D eigenvalue weighted by atomic mass is 10.1. The van der Waals surface area contributed by atoms with Crippen molar-refractivity contribution in [3.63, 3.8) is 0 Å². The van der Waals surface area contributed by atoms with E-state index in [1.54, 1.807) is 30.3 Å². The van der Waals surface area contributed by atoms with Crippen LogP contribution < -0.4 is 10.2 Å². The highest BCUT2D eigenvalue weighted by atomic mass is 19.1. The minimum atomic E-state index is -0.757. The number of nitrogens with one attached hydrogen (secondary N) is 1. The third-order valence-corrected chi connectivity index (χ3v) is 4.59. The number of amides is 1. The molecule has 1 N–H and O–H groups in total. The number of rotatable bonds is 12. The highest BCUT2D eigenvalue weighted by Gasteiger charge is 2.13. The number of esters is 1. The van der Waals surface area contributed by atoms with Crippen LogP contribution in [0.3, 0.4) is 0 Å². The van der Waals surface area contributed by atoms with Crippen LogP contribution in [0.25, 0.3) is 0 Å². The zero-order valence-corrected chi connectivity index (χ0v) is 17.4. The van der Waals surface area contributed by atoms with E-state index >= 15 is 0 Å². The van der Waals surface area contributed by atoms with Gasteiger partial charge >= 0.3 is 5.97 Å². The van der Waals surface area contributed by atoms with Gasteiger partial charge in [0.2, 0.25) is 5.91 Å². The summed E-state index contributed by atoms with van der Waals surface area (Å²) in [6, 6.07) is 12.2. The number of hydrazone groups is 1. The number of unbranched alkanes of at least 4 members (excludes halogenated alkanes) is 6. The predicted octanol–water partition coefficient (Wildman–Crippen LogP) is 5.64. The second-order valence-electron chi connectivity index (χ2n) is 7.10. The molecule has 6 heteroatoms. The molecule has 0 spiro atoms. The van der Waals surface area contributed by atoms with Crippen LogP contribution in [0.15, 0.2) is 53.6 Å². The molecular weight excluding hydrogens is 383 g/mol. The first-order chi connectivity index (χ1) is 14.6. The monoisotopic (exact) mass is 412 g/mol. The number of carbonyl (C=O) groups excluding carboxylic acids is 2. The van der Waals surface area contributed by atoms with Crippen molar-refractivity contribution in [3.8, 4) is 5.75 Å². The number of ether oxygens (including phenoxy) is 1. The molecule has 0 unspecified atom stereocenters. The maximum atomic E-state index is 13.6. The fourth-order valence-corrected chi connectivity index (χ4v) is 2.89. The van der Waals surface area contributed by atoms with E-state index in [1.165, 1.54) is 56.5 Å². The minimum absolute atomic E-state index is 0.102. The van der Waals surface area contributed by atoms with Crippen molar-refractivity contribution in [2.75, 3.05) is 0 Å². The number of hydrogen-bond acceptors (Lipinski definition) is 4. The standard InChI is InChI=1S/C24H29FN2O3/c1-2-3-4-5-6-7-8-13-23(28)27-26-18-19-14-16-20(17-15-19)30-24(29)21-11-9-10-12-22(21)25/h9-12,14-18H,2-8,13H2,1H3,(H,27,28)/b26-18-. The molecule has 0 aliphatic rings. The van der Waals surface area contributed by atoms with Crippen LogP contribution in [-0.4, -0.2) is 18.1 Å². The maximum absolute atomic E-state index is 13.6. The summed E-state index contributed by atoms with van der Waals surface area (Å²) in [6.07, 6.45) is 10.1. The third kappa shape index (κ3) is 8.55. The molecule has 0 bridgehead atoms. The second kappa shape index (κ2) is 13.2. The van der Waals surface area contributed by atoms with Crippen LogP contribution in [-0.2, 0) is 4.79 Å². The van der Waals surface area contributed by atoms with Gasteiger partial charge in [0.05, 0.1) is 11.8 Å². The number of hydrogen-bond donors (Lipinski definition) is 1. The summed E-state index contributed by atoms with van der Waals surface area (Å²) in [5.74, 6) is -1.19. The molecule has 0 aliphatic carbocycles. The van der Waals surface area contributed by atoms with E-state index in [2.05, 4.69) is 17.5 Å². The average Bonchev–Trinajstić information content (AvgIpc) is 2.74. The number of benzene rings is 2. The van der Waals surface area contributed by atoms with Crippen LogP contribution in [0.1, 0.15) is 74.2 Å². The minimum Gasteiger partial charge on any atom is -0.423 e. The topological polar surface area (TPSA) is 67.8 Å². The van der Waals surface area contributed by atoms with Gasteiger partial charge in [-0.15, -0.1) is 0 Å². The zero-order valence-electron chi connectivity index (χ0n) is 17.4. The Bertz CT molecular complexity index is 835. The number of nitrogens with zero attached hydrogens (tertiary/aromatic N) is 1. The van der Waals surface area contributed by atoms with Crippen LogP contribution in [0.2, 0.25) is 0 Å². The maximum Gasteiger partial charge on any atom is 0.346 e. The summed E-state index contributed by atoms with van der Waals surface area (Å²) in [5.41, 5.74) is 3.13. The SMILES string of the molecule is CCCCCCCCCC(=O)N/N=C\c1ccc(OC(=O)c2ccccc2F)cc1. The first-order valence-electron chi connectivity index (χ1n) is 10.5. The van der Waals surface area contributed by atoms with Crippen LogP contribution in [0.5, 0.6) is 5.75 Å². The summed E-state index contributed by atoms with van der Waals surface area (Å²) in [5, 5.41) is 3.95. The lowest BCUT2D eigenvalue weighted by Gasteiger charge is -2.05. The average molecular weight is 413 g/mol. The van der Waals surface area contributed by atoms with Gasteiger partial charge in [-0.25, -0.2) is 14.6 Å². The molecule has 0 aromatic heterocycles. The molecule has 1 amide bonds. The van der Waals surface area contributed by atoms with Crippen molar-refractivity contribution in [1.29, 1.82) is 0 Å². The second-order valence-corrected chi connectivity index (χ2v) is 7.10. The number of halogens is 1.